The van der Waals surface area contributed by atoms with E-state index in [4.69, 9.17) is 15.5 Å². The molecule has 49 heavy (non-hydrogen) atoms. The average Bonchev–Trinajstić information content (AvgIpc) is 3.97. The molecule has 0 radical (unpaired) electrons. The molecule has 3 aromatic rings. The minimum absolute atomic E-state index is 0.0763. The van der Waals surface area contributed by atoms with Crippen LogP contribution >= 0.6 is 0 Å². The van der Waals surface area contributed by atoms with Crippen LogP contribution in [0.15, 0.2) is 29.3 Å². The fourth-order valence-electron chi connectivity index (χ4n) is 7.08. The fraction of sp³-hybridized carbons (Fsp3) is 0.500. The summed E-state index contributed by atoms with van der Waals surface area (Å²) < 4.78 is 64.0. The van der Waals surface area contributed by atoms with E-state index in [9.17, 15) is 22.8 Å². The van der Waals surface area contributed by atoms with E-state index >= 15 is 4.39 Å². The molecule has 1 aromatic carbocycles. The van der Waals surface area contributed by atoms with Crippen molar-refractivity contribution in [1.29, 1.82) is 0 Å². The number of pyridine rings is 1. The van der Waals surface area contributed by atoms with Crippen molar-refractivity contribution in [2.24, 2.45) is 10.7 Å². The van der Waals surface area contributed by atoms with Crippen LogP contribution in [0.4, 0.5) is 29.1 Å². The molecular formula is C34H38F4N8O3. The Kier molecular flexibility index (Phi) is 8.15. The largest absolute Gasteiger partial charge is 0.433 e. The minimum Gasteiger partial charge on any atom is -0.373 e. The Labute approximate surface area is 280 Å². The van der Waals surface area contributed by atoms with Crippen molar-refractivity contribution in [2.75, 3.05) is 23.8 Å². The number of ether oxygens (including phenoxy) is 1. The molecule has 2 atom stereocenters. The number of anilines is 2. The molecule has 2 aliphatic heterocycles. The van der Waals surface area contributed by atoms with Gasteiger partial charge in [0.15, 0.2) is 0 Å². The maximum atomic E-state index is 16.1. The van der Waals surface area contributed by atoms with Crippen LogP contribution in [-0.2, 0) is 33.7 Å². The Morgan fingerprint density at radius 2 is 1.96 bits per heavy atom. The summed E-state index contributed by atoms with van der Waals surface area (Å²) in [7, 11) is 1.69. The molecule has 15 heteroatoms. The summed E-state index contributed by atoms with van der Waals surface area (Å²) in [5.41, 5.74) is 6.84. The molecule has 0 bridgehead atoms. The van der Waals surface area contributed by atoms with Crippen LogP contribution in [0, 0.1) is 12.7 Å². The molecule has 4 aliphatic rings. The van der Waals surface area contributed by atoms with Crippen molar-refractivity contribution in [3.63, 3.8) is 0 Å². The molecule has 2 aromatic heterocycles. The second kappa shape index (κ2) is 12.1. The van der Waals surface area contributed by atoms with Crippen molar-refractivity contribution in [1.82, 2.24) is 20.1 Å². The van der Waals surface area contributed by atoms with E-state index in [2.05, 4.69) is 25.6 Å². The first-order valence-electron chi connectivity index (χ1n) is 16.5. The number of nitrogens with two attached hydrogens (primary N) is 1. The number of carbonyl (C=O) groups excluding carboxylic acids is 2. The average molecular weight is 683 g/mol. The van der Waals surface area contributed by atoms with Crippen LogP contribution in [0.3, 0.4) is 0 Å². The Hall–Kier alpha value is -4.53. The Balaban J connectivity index is 1.22. The number of primary amides is 1. The SMILES string of the molecule is CNc1c(-c2cc(F)c(COC3CC3)c(N3CC[C@]4(C[C@@H]3C)N=C(c3ccc(C(F)(F)F)nc3C3CC3)NC4=O)c2)c(C)nn1CC(N)=O. The summed E-state index contributed by atoms with van der Waals surface area (Å²) in [5, 5.41) is 10.4. The highest BCUT2D eigenvalue weighted by Gasteiger charge is 2.49. The molecule has 260 valence electrons. The number of aliphatic imine (C=N–C) groups is 1. The normalized spacial score (nSPS) is 22.4. The number of halogens is 4. The molecule has 4 N–H and O–H groups in total. The van der Waals surface area contributed by atoms with Crippen LogP contribution in [0.25, 0.3) is 11.1 Å². The molecule has 4 heterocycles. The van der Waals surface area contributed by atoms with E-state index < -0.39 is 29.1 Å². The lowest BCUT2D eigenvalue weighted by Gasteiger charge is -2.43. The van der Waals surface area contributed by atoms with Gasteiger partial charge in [-0.25, -0.2) is 14.1 Å². The quantitative estimate of drug-likeness (QED) is 0.261. The Morgan fingerprint density at radius 1 is 1.20 bits per heavy atom. The lowest BCUT2D eigenvalue weighted by molar-refractivity contribution is -0.141. The number of hydrogen-bond donors (Lipinski definition) is 3. The van der Waals surface area contributed by atoms with Gasteiger partial charge in [-0.05, 0) is 75.8 Å². The number of aryl methyl sites for hydroxylation is 1. The number of alkyl halides is 3. The summed E-state index contributed by atoms with van der Waals surface area (Å²) in [6.07, 6.45) is -0.598. The Morgan fingerprint density at radius 3 is 2.59 bits per heavy atom. The van der Waals surface area contributed by atoms with E-state index in [1.165, 1.54) is 16.8 Å². The first kappa shape index (κ1) is 33.0. The highest BCUT2D eigenvalue weighted by molar-refractivity contribution is 6.16. The number of nitrogens with zero attached hydrogens (tertiary/aromatic N) is 5. The summed E-state index contributed by atoms with van der Waals surface area (Å²) >= 11 is 0. The molecule has 3 fully saturated rings. The van der Waals surface area contributed by atoms with E-state index in [1.807, 2.05) is 13.0 Å². The topological polar surface area (TPSA) is 140 Å². The van der Waals surface area contributed by atoms with Crippen molar-refractivity contribution < 1.29 is 31.9 Å². The number of benzene rings is 1. The third-order valence-electron chi connectivity index (χ3n) is 9.77. The van der Waals surface area contributed by atoms with E-state index in [0.29, 0.717) is 64.5 Å². The summed E-state index contributed by atoms with van der Waals surface area (Å²) in [5.74, 6) is -0.690. The molecule has 11 nitrogen and oxygen atoms in total. The summed E-state index contributed by atoms with van der Waals surface area (Å²) in [6.45, 7) is 4.00. The second-order valence-electron chi connectivity index (χ2n) is 13.5. The maximum absolute atomic E-state index is 16.1. The first-order chi connectivity index (χ1) is 23.3. The smallest absolute Gasteiger partial charge is 0.373 e. The van der Waals surface area contributed by atoms with Gasteiger partial charge in [0.1, 0.15) is 35.2 Å². The van der Waals surface area contributed by atoms with Gasteiger partial charge in [0.25, 0.3) is 5.91 Å². The van der Waals surface area contributed by atoms with Gasteiger partial charge < -0.3 is 26.0 Å². The number of nitrogens with one attached hydrogen (secondary N) is 2. The second-order valence-corrected chi connectivity index (χ2v) is 13.5. The zero-order valence-corrected chi connectivity index (χ0v) is 27.5. The standard InChI is InChI=1S/C34H38F4N8O3/c1-17-14-33(32(48)42-30(43-33)22-8-9-26(34(36,37)38)41-29(22)19-4-5-19)10-11-45(17)25-13-20(12-24(35)23(25)16-49-21-6-7-21)28-18(2)44-46(15-27(39)47)31(28)40-3/h8-9,12-13,17,19,21,40H,4-7,10-11,14-16H2,1-3H3,(H2,39,47)(H,42,43,48)/t17-,33+/m0/s1. The maximum Gasteiger partial charge on any atom is 0.433 e. The van der Waals surface area contributed by atoms with Crippen LogP contribution < -0.4 is 21.3 Å². The number of amides is 2. The Bertz CT molecular complexity index is 1870. The van der Waals surface area contributed by atoms with Crippen LogP contribution in [-0.4, -0.2) is 63.7 Å². The molecule has 1 saturated heterocycles. The van der Waals surface area contributed by atoms with Gasteiger partial charge in [0, 0.05) is 54.4 Å². The molecule has 2 amide bonds. The van der Waals surface area contributed by atoms with Crippen LogP contribution in [0.5, 0.6) is 0 Å². The lowest BCUT2D eigenvalue weighted by atomic mass is 9.83. The van der Waals surface area contributed by atoms with E-state index in [0.717, 1.165) is 31.7 Å². The van der Waals surface area contributed by atoms with E-state index in [-0.39, 0.29) is 43.0 Å². The summed E-state index contributed by atoms with van der Waals surface area (Å²) in [6, 6.07) is 5.34. The molecule has 2 aliphatic carbocycles. The van der Waals surface area contributed by atoms with Gasteiger partial charge in [0.05, 0.1) is 24.1 Å². The van der Waals surface area contributed by atoms with Gasteiger partial charge in [0.2, 0.25) is 5.91 Å². The van der Waals surface area contributed by atoms with Gasteiger partial charge in [-0.1, -0.05) is 0 Å². The minimum atomic E-state index is -4.58. The number of rotatable bonds is 10. The number of hydrogen-bond acceptors (Lipinski definition) is 8. The van der Waals surface area contributed by atoms with Gasteiger partial charge >= 0.3 is 6.18 Å². The number of aromatic nitrogens is 3. The van der Waals surface area contributed by atoms with Crippen molar-refractivity contribution in [2.45, 2.75) is 95.3 Å². The number of carbonyl (C=O) groups is 2. The van der Waals surface area contributed by atoms with Crippen molar-refractivity contribution in [3.8, 4) is 11.1 Å². The molecule has 2 saturated carbocycles. The van der Waals surface area contributed by atoms with Gasteiger partial charge in [-0.15, -0.1) is 0 Å². The molecule has 0 unspecified atom stereocenters. The third-order valence-corrected chi connectivity index (χ3v) is 9.77. The van der Waals surface area contributed by atoms with Crippen molar-refractivity contribution >= 4 is 29.2 Å². The fourth-order valence-corrected chi connectivity index (χ4v) is 7.08. The van der Waals surface area contributed by atoms with E-state index in [1.54, 1.807) is 14.0 Å². The van der Waals surface area contributed by atoms with Crippen LogP contribution in [0.1, 0.15) is 79.6 Å². The zero-order valence-electron chi connectivity index (χ0n) is 27.5. The van der Waals surface area contributed by atoms with Crippen LogP contribution in [0.2, 0.25) is 0 Å². The number of amidine groups is 1. The first-order valence-corrected chi connectivity index (χ1v) is 16.5. The molecular weight excluding hydrogens is 644 g/mol. The third kappa shape index (κ3) is 6.24. The van der Waals surface area contributed by atoms with Gasteiger partial charge in [-0.2, -0.15) is 18.3 Å². The molecule has 7 rings (SSSR count). The summed E-state index contributed by atoms with van der Waals surface area (Å²) in [4.78, 5) is 36.2. The predicted octanol–water partition coefficient (Wildman–Crippen LogP) is 4.80. The highest BCUT2D eigenvalue weighted by atomic mass is 19.4. The van der Waals surface area contributed by atoms with Crippen molar-refractivity contribution in [3.05, 3.63) is 58.3 Å². The highest BCUT2D eigenvalue weighted by Crippen LogP contribution is 2.45. The molecule has 1 spiro atoms. The number of piperidine rings is 1. The monoisotopic (exact) mass is 682 g/mol. The predicted molar refractivity (Wildman–Crippen MR) is 174 cm³/mol. The lowest BCUT2D eigenvalue weighted by Crippen LogP contribution is -2.53. The van der Waals surface area contributed by atoms with Gasteiger partial charge in [-0.3, -0.25) is 14.6 Å². The zero-order chi connectivity index (χ0) is 34.8.